The van der Waals surface area contributed by atoms with Crippen LogP contribution in [-0.2, 0) is 15.0 Å². The number of barbiturate groups is 1. The van der Waals surface area contributed by atoms with Crippen molar-refractivity contribution in [3.8, 4) is 17.2 Å². The quantitative estimate of drug-likeness (QED) is 0.208. The van der Waals surface area contributed by atoms with Gasteiger partial charge in [-0.25, -0.2) is 9.69 Å². The second-order valence-corrected chi connectivity index (χ2v) is 10.4. The number of aryl methyl sites for hydroxylation is 1. The molecule has 4 amide bonds. The summed E-state index contributed by atoms with van der Waals surface area (Å²) in [6, 6.07) is 19.3. The zero-order chi connectivity index (χ0) is 28.9. The number of nitrogens with one attached hydrogen (secondary N) is 1. The van der Waals surface area contributed by atoms with Crippen molar-refractivity contribution < 1.29 is 28.6 Å². The monoisotopic (exact) mass is 542 g/mol. The molecule has 0 bridgehead atoms. The number of anilines is 1. The summed E-state index contributed by atoms with van der Waals surface area (Å²) < 4.78 is 17.5. The minimum Gasteiger partial charge on any atom is -0.490 e. The summed E-state index contributed by atoms with van der Waals surface area (Å²) in [6.45, 7) is 11.2. The van der Waals surface area contributed by atoms with Crippen LogP contribution in [0.15, 0.2) is 72.3 Å². The van der Waals surface area contributed by atoms with Crippen LogP contribution in [0.3, 0.4) is 0 Å². The van der Waals surface area contributed by atoms with Gasteiger partial charge in [0.1, 0.15) is 24.5 Å². The molecule has 0 aromatic heterocycles. The predicted octanol–water partition coefficient (Wildman–Crippen LogP) is 5.82. The summed E-state index contributed by atoms with van der Waals surface area (Å²) in [5, 5.41) is 2.25. The van der Waals surface area contributed by atoms with Gasteiger partial charge in [-0.15, -0.1) is 0 Å². The Labute approximate surface area is 234 Å². The number of imide groups is 2. The molecule has 40 heavy (non-hydrogen) atoms. The Morgan fingerprint density at radius 2 is 1.57 bits per heavy atom. The molecule has 3 aromatic carbocycles. The van der Waals surface area contributed by atoms with Crippen molar-refractivity contribution in [2.24, 2.45) is 0 Å². The molecule has 1 saturated heterocycles. The maximum atomic E-state index is 13.2. The Hall–Kier alpha value is -4.59. The minimum atomic E-state index is -0.788. The van der Waals surface area contributed by atoms with E-state index >= 15 is 0 Å². The van der Waals surface area contributed by atoms with Gasteiger partial charge < -0.3 is 14.2 Å². The van der Waals surface area contributed by atoms with Crippen molar-refractivity contribution in [2.75, 3.05) is 24.7 Å². The maximum Gasteiger partial charge on any atom is 0.335 e. The molecule has 1 heterocycles. The van der Waals surface area contributed by atoms with Gasteiger partial charge in [0.25, 0.3) is 11.8 Å². The summed E-state index contributed by atoms with van der Waals surface area (Å²) in [6.07, 6.45) is 1.43. The van der Waals surface area contributed by atoms with E-state index in [1.807, 2.05) is 32.0 Å². The highest BCUT2D eigenvalue weighted by atomic mass is 16.5. The van der Waals surface area contributed by atoms with Gasteiger partial charge in [-0.3, -0.25) is 14.9 Å². The molecular formula is C32H34N2O6. The SMILES string of the molecule is CCOc1cc(/C=C2\C(=O)NC(=O)N(c3cccc(C)c3)C2=O)ccc1OCCOc1ccc(C(C)(C)C)cc1. The van der Waals surface area contributed by atoms with Crippen LogP contribution in [0.4, 0.5) is 10.5 Å². The summed E-state index contributed by atoms with van der Waals surface area (Å²) in [5.74, 6) is 0.265. The number of rotatable bonds is 9. The number of urea groups is 1. The number of hydrogen-bond acceptors (Lipinski definition) is 6. The number of amides is 4. The van der Waals surface area contributed by atoms with E-state index in [1.54, 1.807) is 36.4 Å². The second-order valence-electron chi connectivity index (χ2n) is 10.4. The van der Waals surface area contributed by atoms with Gasteiger partial charge in [0.2, 0.25) is 0 Å². The fourth-order valence-corrected chi connectivity index (χ4v) is 4.19. The van der Waals surface area contributed by atoms with Crippen molar-refractivity contribution in [3.63, 3.8) is 0 Å². The van der Waals surface area contributed by atoms with Crippen molar-refractivity contribution in [2.45, 2.75) is 40.0 Å². The van der Waals surface area contributed by atoms with Gasteiger partial charge >= 0.3 is 6.03 Å². The first kappa shape index (κ1) is 28.4. The molecule has 208 valence electrons. The van der Waals surface area contributed by atoms with Gasteiger partial charge in [-0.05, 0) is 78.4 Å². The third kappa shape index (κ3) is 6.69. The summed E-state index contributed by atoms with van der Waals surface area (Å²) in [5.41, 5.74) is 2.94. The van der Waals surface area contributed by atoms with E-state index in [0.717, 1.165) is 16.2 Å². The molecule has 1 N–H and O–H groups in total. The Kier molecular flexibility index (Phi) is 8.58. The lowest BCUT2D eigenvalue weighted by atomic mass is 9.87. The number of nitrogens with zero attached hydrogens (tertiary/aromatic N) is 1. The van der Waals surface area contributed by atoms with E-state index in [9.17, 15) is 14.4 Å². The van der Waals surface area contributed by atoms with E-state index < -0.39 is 17.8 Å². The molecule has 0 spiro atoms. The molecule has 1 fully saturated rings. The molecule has 0 saturated carbocycles. The number of carbonyl (C=O) groups is 3. The van der Waals surface area contributed by atoms with Crippen molar-refractivity contribution in [3.05, 3.63) is 89.0 Å². The van der Waals surface area contributed by atoms with E-state index in [2.05, 4.69) is 38.2 Å². The highest BCUT2D eigenvalue weighted by molar-refractivity contribution is 6.39. The molecule has 0 unspecified atom stereocenters. The third-order valence-corrected chi connectivity index (χ3v) is 6.27. The molecule has 3 aromatic rings. The summed E-state index contributed by atoms with van der Waals surface area (Å²) >= 11 is 0. The van der Waals surface area contributed by atoms with Crippen LogP contribution >= 0.6 is 0 Å². The lowest BCUT2D eigenvalue weighted by Gasteiger charge is -2.26. The predicted molar refractivity (Wildman–Crippen MR) is 154 cm³/mol. The van der Waals surface area contributed by atoms with E-state index in [4.69, 9.17) is 14.2 Å². The zero-order valence-electron chi connectivity index (χ0n) is 23.4. The summed E-state index contributed by atoms with van der Waals surface area (Å²) in [7, 11) is 0. The normalized spacial score (nSPS) is 14.8. The summed E-state index contributed by atoms with van der Waals surface area (Å²) in [4.78, 5) is 39.2. The van der Waals surface area contributed by atoms with Crippen LogP contribution in [-0.4, -0.2) is 37.7 Å². The molecule has 8 nitrogen and oxygen atoms in total. The van der Waals surface area contributed by atoms with Gasteiger partial charge in [-0.2, -0.15) is 0 Å². The maximum absolute atomic E-state index is 13.2. The Morgan fingerprint density at radius 1 is 0.850 bits per heavy atom. The molecule has 0 radical (unpaired) electrons. The highest BCUT2D eigenvalue weighted by Crippen LogP contribution is 2.31. The minimum absolute atomic E-state index is 0.0747. The lowest BCUT2D eigenvalue weighted by molar-refractivity contribution is -0.122. The number of hydrogen-bond donors (Lipinski definition) is 1. The van der Waals surface area contributed by atoms with Gasteiger partial charge in [-0.1, -0.05) is 51.1 Å². The fraction of sp³-hybridized carbons (Fsp3) is 0.281. The first-order valence-corrected chi connectivity index (χ1v) is 13.2. The van der Waals surface area contributed by atoms with Crippen molar-refractivity contribution in [1.29, 1.82) is 0 Å². The van der Waals surface area contributed by atoms with Crippen LogP contribution < -0.4 is 24.4 Å². The standard InChI is InChI=1S/C32H34N2O6/c1-6-38-28-20-22(10-15-27(28)40-17-16-39-25-13-11-23(12-14-25)32(3,4)5)19-26-29(35)33-31(37)34(30(26)36)24-9-7-8-21(2)18-24/h7-15,18-20H,6,16-17H2,1-5H3,(H,33,35,37)/b26-19+. The van der Waals surface area contributed by atoms with Gasteiger partial charge in [0.05, 0.1) is 12.3 Å². The molecule has 8 heteroatoms. The molecule has 1 aliphatic rings. The van der Waals surface area contributed by atoms with Crippen LogP contribution in [0.25, 0.3) is 6.08 Å². The average Bonchev–Trinajstić information content (AvgIpc) is 2.90. The smallest absolute Gasteiger partial charge is 0.335 e. The van der Waals surface area contributed by atoms with Gasteiger partial charge in [0, 0.05) is 0 Å². The number of ether oxygens (including phenoxy) is 3. The van der Waals surface area contributed by atoms with E-state index in [0.29, 0.717) is 36.0 Å². The number of carbonyl (C=O) groups excluding carboxylic acids is 3. The molecule has 0 atom stereocenters. The van der Waals surface area contributed by atoms with Crippen molar-refractivity contribution in [1.82, 2.24) is 5.32 Å². The first-order chi connectivity index (χ1) is 19.1. The zero-order valence-corrected chi connectivity index (χ0v) is 23.4. The largest absolute Gasteiger partial charge is 0.490 e. The highest BCUT2D eigenvalue weighted by Gasteiger charge is 2.36. The fourth-order valence-electron chi connectivity index (χ4n) is 4.19. The van der Waals surface area contributed by atoms with E-state index in [1.165, 1.54) is 11.6 Å². The lowest BCUT2D eigenvalue weighted by Crippen LogP contribution is -2.54. The Balaban J connectivity index is 1.46. The molecule has 4 rings (SSSR count). The third-order valence-electron chi connectivity index (χ3n) is 6.27. The van der Waals surface area contributed by atoms with Gasteiger partial charge in [0.15, 0.2) is 11.5 Å². The Bertz CT molecular complexity index is 1440. The molecule has 0 aliphatic carbocycles. The Morgan fingerprint density at radius 3 is 2.25 bits per heavy atom. The van der Waals surface area contributed by atoms with Crippen LogP contribution in [0.5, 0.6) is 17.2 Å². The molecular weight excluding hydrogens is 508 g/mol. The van der Waals surface area contributed by atoms with Crippen LogP contribution in [0.1, 0.15) is 44.4 Å². The number of benzene rings is 3. The van der Waals surface area contributed by atoms with Crippen LogP contribution in [0.2, 0.25) is 0 Å². The molecule has 1 aliphatic heterocycles. The second kappa shape index (κ2) is 12.1. The van der Waals surface area contributed by atoms with E-state index in [-0.39, 0.29) is 17.6 Å². The topological polar surface area (TPSA) is 94.2 Å². The first-order valence-electron chi connectivity index (χ1n) is 13.2. The van der Waals surface area contributed by atoms with Crippen molar-refractivity contribution >= 4 is 29.6 Å². The van der Waals surface area contributed by atoms with Crippen LogP contribution in [0, 0.1) is 6.92 Å². The average molecular weight is 543 g/mol.